The fourth-order valence-corrected chi connectivity index (χ4v) is 2.15. The SMILES string of the molecule is CCCN(CC)CCNc1ccc([N+](=O)[O-])c(OCC)c1. The third kappa shape index (κ3) is 5.59. The van der Waals surface area contributed by atoms with Crippen LogP contribution in [-0.2, 0) is 0 Å². The third-order valence-electron chi connectivity index (χ3n) is 3.20. The molecule has 0 amide bonds. The van der Waals surface area contributed by atoms with Crippen LogP contribution in [0.3, 0.4) is 0 Å². The van der Waals surface area contributed by atoms with E-state index in [1.165, 1.54) is 6.07 Å². The lowest BCUT2D eigenvalue weighted by Gasteiger charge is -2.20. The number of ether oxygens (including phenoxy) is 1. The lowest BCUT2D eigenvalue weighted by molar-refractivity contribution is -0.385. The molecule has 1 N–H and O–H groups in total. The first-order chi connectivity index (χ1) is 10.1. The van der Waals surface area contributed by atoms with Crippen LogP contribution in [0.5, 0.6) is 5.75 Å². The van der Waals surface area contributed by atoms with Gasteiger partial charge < -0.3 is 15.0 Å². The molecule has 0 fully saturated rings. The van der Waals surface area contributed by atoms with Crippen molar-refractivity contribution in [2.45, 2.75) is 27.2 Å². The largest absolute Gasteiger partial charge is 0.487 e. The molecule has 0 atom stereocenters. The normalized spacial score (nSPS) is 10.7. The molecule has 0 aliphatic carbocycles. The Morgan fingerprint density at radius 3 is 2.62 bits per heavy atom. The van der Waals surface area contributed by atoms with Gasteiger partial charge in [0.1, 0.15) is 0 Å². The van der Waals surface area contributed by atoms with Gasteiger partial charge in [0.15, 0.2) is 5.75 Å². The second-order valence-electron chi connectivity index (χ2n) is 4.73. The van der Waals surface area contributed by atoms with Crippen molar-refractivity contribution in [2.24, 2.45) is 0 Å². The maximum absolute atomic E-state index is 10.9. The molecule has 6 nitrogen and oxygen atoms in total. The van der Waals surface area contributed by atoms with Crippen molar-refractivity contribution in [3.63, 3.8) is 0 Å². The molecule has 1 aromatic carbocycles. The van der Waals surface area contributed by atoms with E-state index >= 15 is 0 Å². The first-order valence-electron chi connectivity index (χ1n) is 7.49. The predicted octanol–water partition coefficient (Wildman–Crippen LogP) is 3.14. The van der Waals surface area contributed by atoms with Crippen molar-refractivity contribution in [3.8, 4) is 5.75 Å². The monoisotopic (exact) mass is 295 g/mol. The van der Waals surface area contributed by atoms with E-state index in [1.807, 2.05) is 6.92 Å². The summed E-state index contributed by atoms with van der Waals surface area (Å²) in [5.74, 6) is 0.313. The minimum atomic E-state index is -0.422. The molecular formula is C15H25N3O3. The standard InChI is InChI=1S/C15H25N3O3/c1-4-10-17(5-2)11-9-16-13-7-8-14(18(19)20)15(12-13)21-6-3/h7-8,12,16H,4-6,9-11H2,1-3H3. The Morgan fingerprint density at radius 1 is 1.29 bits per heavy atom. The number of nitrogens with one attached hydrogen (secondary N) is 1. The molecule has 6 heteroatoms. The molecule has 0 saturated heterocycles. The summed E-state index contributed by atoms with van der Waals surface area (Å²) in [4.78, 5) is 12.9. The van der Waals surface area contributed by atoms with Crippen LogP contribution in [-0.4, -0.2) is 42.6 Å². The van der Waals surface area contributed by atoms with Crippen LogP contribution >= 0.6 is 0 Å². The Kier molecular flexibility index (Phi) is 7.53. The number of hydrogen-bond acceptors (Lipinski definition) is 5. The van der Waals surface area contributed by atoms with Gasteiger partial charge in [0.2, 0.25) is 0 Å². The summed E-state index contributed by atoms with van der Waals surface area (Å²) in [5, 5.41) is 14.2. The summed E-state index contributed by atoms with van der Waals surface area (Å²) in [7, 11) is 0. The Bertz CT molecular complexity index is 452. The van der Waals surface area contributed by atoms with E-state index in [0.29, 0.717) is 12.4 Å². The van der Waals surface area contributed by atoms with Gasteiger partial charge in [0.25, 0.3) is 0 Å². The smallest absolute Gasteiger partial charge is 0.311 e. The van der Waals surface area contributed by atoms with E-state index in [9.17, 15) is 10.1 Å². The van der Waals surface area contributed by atoms with Gasteiger partial charge in [-0.1, -0.05) is 13.8 Å². The molecule has 118 valence electrons. The van der Waals surface area contributed by atoms with Crippen LogP contribution in [0.1, 0.15) is 27.2 Å². The molecule has 0 unspecified atom stereocenters. The molecule has 21 heavy (non-hydrogen) atoms. The maximum atomic E-state index is 10.9. The van der Waals surface area contributed by atoms with Crippen molar-refractivity contribution in [1.29, 1.82) is 0 Å². The van der Waals surface area contributed by atoms with Crippen molar-refractivity contribution >= 4 is 11.4 Å². The Labute approximate surface area is 126 Å². The highest BCUT2D eigenvalue weighted by Crippen LogP contribution is 2.29. The van der Waals surface area contributed by atoms with Gasteiger partial charge in [0, 0.05) is 30.9 Å². The lowest BCUT2D eigenvalue weighted by Crippen LogP contribution is -2.29. The van der Waals surface area contributed by atoms with E-state index in [2.05, 4.69) is 24.1 Å². The van der Waals surface area contributed by atoms with Gasteiger partial charge >= 0.3 is 5.69 Å². The highest BCUT2D eigenvalue weighted by atomic mass is 16.6. The lowest BCUT2D eigenvalue weighted by atomic mass is 10.2. The van der Waals surface area contributed by atoms with E-state index in [4.69, 9.17) is 4.74 Å². The second kappa shape index (κ2) is 9.18. The van der Waals surface area contributed by atoms with Crippen molar-refractivity contribution in [2.75, 3.05) is 38.1 Å². The molecule has 0 heterocycles. The number of hydrogen-bond donors (Lipinski definition) is 1. The zero-order chi connectivity index (χ0) is 15.7. The zero-order valence-corrected chi connectivity index (χ0v) is 13.1. The summed E-state index contributed by atoms with van der Waals surface area (Å²) in [6, 6.07) is 4.89. The first kappa shape index (κ1) is 17.2. The summed E-state index contributed by atoms with van der Waals surface area (Å²) in [6.45, 7) is 10.4. The maximum Gasteiger partial charge on any atom is 0.311 e. The first-order valence-corrected chi connectivity index (χ1v) is 7.49. The number of benzene rings is 1. The van der Waals surface area contributed by atoms with Crippen LogP contribution in [0, 0.1) is 10.1 Å². The van der Waals surface area contributed by atoms with Gasteiger partial charge in [-0.3, -0.25) is 10.1 Å². The minimum Gasteiger partial charge on any atom is -0.487 e. The summed E-state index contributed by atoms with van der Waals surface area (Å²) >= 11 is 0. The number of nitro benzene ring substituents is 1. The molecule has 0 bridgehead atoms. The van der Waals surface area contributed by atoms with E-state index in [1.54, 1.807) is 12.1 Å². The molecule has 1 rings (SSSR count). The van der Waals surface area contributed by atoms with Crippen LogP contribution < -0.4 is 10.1 Å². The highest BCUT2D eigenvalue weighted by molar-refractivity contribution is 5.58. The van der Waals surface area contributed by atoms with Gasteiger partial charge in [-0.25, -0.2) is 0 Å². The van der Waals surface area contributed by atoms with E-state index < -0.39 is 4.92 Å². The highest BCUT2D eigenvalue weighted by Gasteiger charge is 2.15. The molecule has 0 radical (unpaired) electrons. The van der Waals surface area contributed by atoms with E-state index in [-0.39, 0.29) is 5.69 Å². The third-order valence-corrected chi connectivity index (χ3v) is 3.20. The van der Waals surface area contributed by atoms with Gasteiger partial charge in [-0.05, 0) is 32.5 Å². The molecule has 0 aliphatic rings. The molecule has 1 aromatic rings. The van der Waals surface area contributed by atoms with Crippen molar-refractivity contribution < 1.29 is 9.66 Å². The van der Waals surface area contributed by atoms with Gasteiger partial charge in [-0.15, -0.1) is 0 Å². The van der Waals surface area contributed by atoms with Crippen LogP contribution in [0.15, 0.2) is 18.2 Å². The number of rotatable bonds is 10. The molecular weight excluding hydrogens is 270 g/mol. The number of likely N-dealkylation sites (N-methyl/N-ethyl adjacent to an activating group) is 1. The van der Waals surface area contributed by atoms with Crippen molar-refractivity contribution in [1.82, 2.24) is 4.90 Å². The number of anilines is 1. The zero-order valence-electron chi connectivity index (χ0n) is 13.1. The molecule has 0 saturated carbocycles. The summed E-state index contributed by atoms with van der Waals surface area (Å²) in [5.41, 5.74) is 0.847. The van der Waals surface area contributed by atoms with Crippen LogP contribution in [0.4, 0.5) is 11.4 Å². The summed E-state index contributed by atoms with van der Waals surface area (Å²) < 4.78 is 5.33. The van der Waals surface area contributed by atoms with Gasteiger partial charge in [0.05, 0.1) is 11.5 Å². The molecule has 0 spiro atoms. The number of nitro groups is 1. The minimum absolute atomic E-state index is 0.00330. The predicted molar refractivity (Wildman–Crippen MR) is 85.2 cm³/mol. The van der Waals surface area contributed by atoms with E-state index in [0.717, 1.165) is 38.3 Å². The summed E-state index contributed by atoms with van der Waals surface area (Å²) in [6.07, 6.45) is 1.14. The van der Waals surface area contributed by atoms with Crippen LogP contribution in [0.25, 0.3) is 0 Å². The van der Waals surface area contributed by atoms with Crippen LogP contribution in [0.2, 0.25) is 0 Å². The fourth-order valence-electron chi connectivity index (χ4n) is 2.15. The Balaban J connectivity index is 2.63. The average Bonchev–Trinajstić information content (AvgIpc) is 2.46. The molecule has 0 aliphatic heterocycles. The number of nitrogens with zero attached hydrogens (tertiary/aromatic N) is 2. The topological polar surface area (TPSA) is 67.6 Å². The second-order valence-corrected chi connectivity index (χ2v) is 4.73. The van der Waals surface area contributed by atoms with Gasteiger partial charge in [-0.2, -0.15) is 0 Å². The Hall–Kier alpha value is -1.82. The average molecular weight is 295 g/mol. The fraction of sp³-hybridized carbons (Fsp3) is 0.600. The molecule has 0 aromatic heterocycles. The quantitative estimate of drug-likeness (QED) is 0.530. The Morgan fingerprint density at radius 2 is 2.05 bits per heavy atom. The van der Waals surface area contributed by atoms with Crippen molar-refractivity contribution in [3.05, 3.63) is 28.3 Å².